The molecule has 0 aliphatic heterocycles. The maximum atomic E-state index is 13.0. The van der Waals surface area contributed by atoms with Crippen molar-refractivity contribution in [3.05, 3.63) is 59.2 Å². The van der Waals surface area contributed by atoms with Crippen molar-refractivity contribution in [2.75, 3.05) is 15.9 Å². The summed E-state index contributed by atoms with van der Waals surface area (Å²) >= 11 is 0. The van der Waals surface area contributed by atoms with Gasteiger partial charge in [0.1, 0.15) is 6.04 Å². The summed E-state index contributed by atoms with van der Waals surface area (Å²) in [6.45, 7) is 4.99. The van der Waals surface area contributed by atoms with Crippen LogP contribution in [0.3, 0.4) is 0 Å². The van der Waals surface area contributed by atoms with Gasteiger partial charge in [-0.25, -0.2) is 8.42 Å². The standard InChI is InChI=1S/C19H21F3N2O3S/c1-12-8-9-17(13(2)10-12)23-18(25)14(3)24(28(4,26)27)16-7-5-6-15(11-16)19(20,21)22/h5-11,14H,1-4H3,(H,23,25)/t14-/m1/s1. The zero-order valence-electron chi connectivity index (χ0n) is 15.8. The highest BCUT2D eigenvalue weighted by molar-refractivity contribution is 7.92. The molecule has 2 aromatic rings. The molecule has 2 rings (SSSR count). The number of carbonyl (C=O) groups is 1. The van der Waals surface area contributed by atoms with Crippen LogP contribution in [0.4, 0.5) is 24.5 Å². The van der Waals surface area contributed by atoms with Crippen molar-refractivity contribution in [1.82, 2.24) is 0 Å². The molecule has 9 heteroatoms. The summed E-state index contributed by atoms with van der Waals surface area (Å²) in [7, 11) is -4.03. The van der Waals surface area contributed by atoms with Crippen molar-refractivity contribution >= 4 is 27.3 Å². The summed E-state index contributed by atoms with van der Waals surface area (Å²) in [5.74, 6) is -0.658. The minimum absolute atomic E-state index is 0.236. The molecule has 0 fully saturated rings. The van der Waals surface area contributed by atoms with E-state index in [2.05, 4.69) is 5.32 Å². The van der Waals surface area contributed by atoms with E-state index in [4.69, 9.17) is 0 Å². The predicted octanol–water partition coefficient (Wildman–Crippen LogP) is 4.12. The molecule has 2 aromatic carbocycles. The van der Waals surface area contributed by atoms with Crippen LogP contribution in [0.5, 0.6) is 0 Å². The van der Waals surface area contributed by atoms with Gasteiger partial charge in [-0.2, -0.15) is 13.2 Å². The Bertz CT molecular complexity index is 988. The molecule has 0 aliphatic rings. The molecule has 0 aliphatic carbocycles. The summed E-state index contributed by atoms with van der Waals surface area (Å²) in [4.78, 5) is 12.7. The lowest BCUT2D eigenvalue weighted by Gasteiger charge is -2.29. The first kappa shape index (κ1) is 21.7. The number of amides is 1. The number of hydrogen-bond acceptors (Lipinski definition) is 3. The normalized spacial score (nSPS) is 13.1. The van der Waals surface area contributed by atoms with Crippen molar-refractivity contribution in [3.8, 4) is 0 Å². The van der Waals surface area contributed by atoms with Crippen molar-refractivity contribution < 1.29 is 26.4 Å². The third-order valence-corrected chi connectivity index (χ3v) is 5.40. The number of halogens is 3. The average molecular weight is 414 g/mol. The molecule has 0 bridgehead atoms. The maximum absolute atomic E-state index is 13.0. The Morgan fingerprint density at radius 1 is 1.11 bits per heavy atom. The Labute approximate surface area is 162 Å². The largest absolute Gasteiger partial charge is 0.416 e. The molecule has 1 amide bonds. The Kier molecular flexibility index (Phi) is 6.08. The molecule has 152 valence electrons. The van der Waals surface area contributed by atoms with Gasteiger partial charge in [-0.15, -0.1) is 0 Å². The number of sulfonamides is 1. The molecule has 0 radical (unpaired) electrons. The third kappa shape index (κ3) is 5.03. The fourth-order valence-corrected chi connectivity index (χ4v) is 3.99. The molecule has 1 atom stereocenters. The second kappa shape index (κ2) is 7.83. The van der Waals surface area contributed by atoms with Gasteiger partial charge in [-0.1, -0.05) is 23.8 Å². The van der Waals surface area contributed by atoms with Crippen LogP contribution in [-0.2, 0) is 21.0 Å². The van der Waals surface area contributed by atoms with E-state index in [-0.39, 0.29) is 5.69 Å². The molecule has 5 nitrogen and oxygen atoms in total. The van der Waals surface area contributed by atoms with Gasteiger partial charge in [0.2, 0.25) is 15.9 Å². The highest BCUT2D eigenvalue weighted by Crippen LogP contribution is 2.33. The minimum Gasteiger partial charge on any atom is -0.324 e. The van der Waals surface area contributed by atoms with Gasteiger partial charge in [0, 0.05) is 5.69 Å². The van der Waals surface area contributed by atoms with Crippen molar-refractivity contribution in [3.63, 3.8) is 0 Å². The number of nitrogens with one attached hydrogen (secondary N) is 1. The van der Waals surface area contributed by atoms with Crippen molar-refractivity contribution in [1.29, 1.82) is 0 Å². The maximum Gasteiger partial charge on any atom is 0.416 e. The Balaban J connectivity index is 2.39. The van der Waals surface area contributed by atoms with Crippen molar-refractivity contribution in [2.45, 2.75) is 33.0 Å². The van der Waals surface area contributed by atoms with E-state index in [0.29, 0.717) is 16.1 Å². The second-order valence-corrected chi connectivity index (χ2v) is 8.45. The lowest BCUT2D eigenvalue weighted by molar-refractivity contribution is -0.137. The monoisotopic (exact) mass is 414 g/mol. The summed E-state index contributed by atoms with van der Waals surface area (Å²) in [5, 5.41) is 2.64. The fourth-order valence-electron chi connectivity index (χ4n) is 2.82. The smallest absolute Gasteiger partial charge is 0.324 e. The number of aryl methyl sites for hydroxylation is 2. The van der Waals surface area contributed by atoms with E-state index in [0.717, 1.165) is 29.5 Å². The second-order valence-electron chi connectivity index (χ2n) is 6.59. The van der Waals surface area contributed by atoms with Gasteiger partial charge in [0.05, 0.1) is 17.5 Å². The van der Waals surface area contributed by atoms with E-state index in [9.17, 15) is 26.4 Å². The highest BCUT2D eigenvalue weighted by atomic mass is 32.2. The topological polar surface area (TPSA) is 66.5 Å². The summed E-state index contributed by atoms with van der Waals surface area (Å²) in [6.07, 6.45) is -3.79. The highest BCUT2D eigenvalue weighted by Gasteiger charge is 2.34. The van der Waals surface area contributed by atoms with Crippen LogP contribution in [0.15, 0.2) is 42.5 Å². The lowest BCUT2D eigenvalue weighted by atomic mass is 10.1. The SMILES string of the molecule is Cc1ccc(NC(=O)[C@@H](C)N(c2cccc(C(F)(F)F)c2)S(C)(=O)=O)c(C)c1. The van der Waals surface area contributed by atoms with Gasteiger partial charge in [0.15, 0.2) is 0 Å². The van der Waals surface area contributed by atoms with E-state index >= 15 is 0 Å². The van der Waals surface area contributed by atoms with Crippen LogP contribution >= 0.6 is 0 Å². The number of nitrogens with zero attached hydrogens (tertiary/aromatic N) is 1. The van der Waals surface area contributed by atoms with Crippen LogP contribution in [0.2, 0.25) is 0 Å². The summed E-state index contributed by atoms with van der Waals surface area (Å²) in [6, 6.07) is 7.92. The lowest BCUT2D eigenvalue weighted by Crippen LogP contribution is -2.45. The zero-order chi connectivity index (χ0) is 21.3. The van der Waals surface area contributed by atoms with E-state index < -0.39 is 33.7 Å². The quantitative estimate of drug-likeness (QED) is 0.801. The van der Waals surface area contributed by atoms with Crippen LogP contribution in [-0.4, -0.2) is 26.6 Å². The van der Waals surface area contributed by atoms with Gasteiger partial charge in [-0.05, 0) is 50.6 Å². The molecule has 0 unspecified atom stereocenters. The number of hydrogen-bond donors (Lipinski definition) is 1. The molecule has 0 saturated carbocycles. The van der Waals surface area contributed by atoms with Crippen LogP contribution in [0, 0.1) is 13.8 Å². The van der Waals surface area contributed by atoms with Crippen molar-refractivity contribution in [2.24, 2.45) is 0 Å². The zero-order valence-corrected chi connectivity index (χ0v) is 16.6. The Morgan fingerprint density at radius 2 is 1.75 bits per heavy atom. The van der Waals surface area contributed by atoms with E-state index in [1.807, 2.05) is 13.0 Å². The van der Waals surface area contributed by atoms with Gasteiger partial charge in [0.25, 0.3) is 0 Å². The molecular formula is C19H21F3N2O3S. The predicted molar refractivity (Wildman–Crippen MR) is 103 cm³/mol. The number of carbonyl (C=O) groups excluding carboxylic acids is 1. The molecule has 0 aromatic heterocycles. The number of rotatable bonds is 5. The van der Waals surface area contributed by atoms with Crippen LogP contribution in [0.1, 0.15) is 23.6 Å². The van der Waals surface area contributed by atoms with Gasteiger partial charge < -0.3 is 5.32 Å². The van der Waals surface area contributed by atoms with Crippen LogP contribution < -0.4 is 9.62 Å². The molecular weight excluding hydrogens is 393 g/mol. The Morgan fingerprint density at radius 3 is 2.29 bits per heavy atom. The number of anilines is 2. The minimum atomic E-state index is -4.64. The van der Waals surface area contributed by atoms with Crippen LogP contribution in [0.25, 0.3) is 0 Å². The average Bonchev–Trinajstić information content (AvgIpc) is 2.55. The van der Waals surface area contributed by atoms with E-state index in [1.165, 1.54) is 13.0 Å². The molecule has 0 saturated heterocycles. The first-order chi connectivity index (χ1) is 12.8. The first-order valence-corrected chi connectivity index (χ1v) is 10.2. The van der Waals surface area contributed by atoms with Gasteiger partial charge in [-0.3, -0.25) is 9.10 Å². The summed E-state index contributed by atoms with van der Waals surface area (Å²) in [5.41, 5.74) is 1.04. The summed E-state index contributed by atoms with van der Waals surface area (Å²) < 4.78 is 64.2. The first-order valence-electron chi connectivity index (χ1n) is 8.35. The number of benzene rings is 2. The Hall–Kier alpha value is -2.55. The molecule has 28 heavy (non-hydrogen) atoms. The third-order valence-electron chi connectivity index (χ3n) is 4.16. The molecule has 0 spiro atoms. The molecule has 1 N–H and O–H groups in total. The number of alkyl halides is 3. The van der Waals surface area contributed by atoms with Gasteiger partial charge >= 0.3 is 6.18 Å². The molecule has 0 heterocycles. The fraction of sp³-hybridized carbons (Fsp3) is 0.316. The van der Waals surface area contributed by atoms with E-state index in [1.54, 1.807) is 19.1 Å².